The van der Waals surface area contributed by atoms with E-state index in [1.807, 2.05) is 0 Å². The minimum absolute atomic E-state index is 0.0725. The van der Waals surface area contributed by atoms with Gasteiger partial charge in [0.2, 0.25) is 5.88 Å². The van der Waals surface area contributed by atoms with Gasteiger partial charge in [0.25, 0.3) is 0 Å². The molecule has 23 heavy (non-hydrogen) atoms. The van der Waals surface area contributed by atoms with E-state index in [2.05, 4.69) is 4.98 Å². The van der Waals surface area contributed by atoms with E-state index in [4.69, 9.17) is 9.84 Å². The summed E-state index contributed by atoms with van der Waals surface area (Å²) in [7, 11) is 0. The van der Waals surface area contributed by atoms with Crippen molar-refractivity contribution in [3.8, 4) is 17.5 Å². The number of aromatic nitrogens is 1. The molecule has 3 N–H and O–H groups in total. The Balaban J connectivity index is 2.33. The number of hydrogen-bond acceptors (Lipinski definition) is 4. The number of esters is 1. The van der Waals surface area contributed by atoms with Crippen LogP contribution >= 0.6 is 0 Å². The smallest absolute Gasteiger partial charge is 0.416 e. The molecule has 0 fully saturated rings. The molecule has 2 rings (SSSR count). The van der Waals surface area contributed by atoms with Gasteiger partial charge in [0, 0.05) is 6.07 Å². The maximum absolute atomic E-state index is 13.1. The molecule has 5 nitrogen and oxygen atoms in total. The summed E-state index contributed by atoms with van der Waals surface area (Å²) in [5.74, 6) is -3.50. The summed E-state index contributed by atoms with van der Waals surface area (Å²) >= 11 is 0. The van der Waals surface area contributed by atoms with Crippen LogP contribution in [0.3, 0.4) is 0 Å². The standard InChI is InChI=1S/C15H14F3NO4/c1-2-8(9-5-3-4-6-10(9)15(16,17)18)14(22)23-11-7-12(20)19-13(11)21/h3-8,19-21H,2H2,1H3. The monoisotopic (exact) mass is 329 g/mol. The zero-order valence-electron chi connectivity index (χ0n) is 12.0. The molecule has 0 amide bonds. The van der Waals surface area contributed by atoms with Gasteiger partial charge in [0.15, 0.2) is 11.6 Å². The number of carbonyl (C=O) groups is 1. The van der Waals surface area contributed by atoms with Crippen molar-refractivity contribution in [1.82, 2.24) is 4.98 Å². The highest BCUT2D eigenvalue weighted by molar-refractivity contribution is 5.81. The van der Waals surface area contributed by atoms with E-state index in [9.17, 15) is 23.1 Å². The van der Waals surface area contributed by atoms with Crippen LogP contribution in [0.25, 0.3) is 0 Å². The lowest BCUT2D eigenvalue weighted by Gasteiger charge is -2.19. The van der Waals surface area contributed by atoms with E-state index in [1.165, 1.54) is 18.2 Å². The van der Waals surface area contributed by atoms with Gasteiger partial charge < -0.3 is 14.9 Å². The Hall–Kier alpha value is -2.64. The Labute approximate surface area is 129 Å². The van der Waals surface area contributed by atoms with Crippen LogP contribution in [0.1, 0.15) is 30.4 Å². The van der Waals surface area contributed by atoms with Crippen LogP contribution in [0.5, 0.6) is 17.5 Å². The van der Waals surface area contributed by atoms with E-state index in [0.717, 1.165) is 12.1 Å². The summed E-state index contributed by atoms with van der Waals surface area (Å²) in [4.78, 5) is 14.3. The maximum atomic E-state index is 13.1. The minimum Gasteiger partial charge on any atom is -0.494 e. The van der Waals surface area contributed by atoms with Gasteiger partial charge in [-0.05, 0) is 18.1 Å². The second-order valence-corrected chi connectivity index (χ2v) is 4.83. The SMILES string of the molecule is CCC(C(=O)Oc1cc(O)[nH]c1O)c1ccccc1C(F)(F)F. The van der Waals surface area contributed by atoms with Crippen LogP contribution in [0.4, 0.5) is 13.2 Å². The summed E-state index contributed by atoms with van der Waals surface area (Å²) < 4.78 is 44.1. The molecule has 2 aromatic rings. The summed E-state index contributed by atoms with van der Waals surface area (Å²) in [6, 6.07) is 5.70. The molecule has 1 atom stereocenters. The highest BCUT2D eigenvalue weighted by atomic mass is 19.4. The number of aromatic amines is 1. The Kier molecular flexibility index (Phi) is 4.53. The summed E-state index contributed by atoms with van der Waals surface area (Å²) in [5, 5.41) is 18.6. The van der Waals surface area contributed by atoms with Gasteiger partial charge in [-0.15, -0.1) is 0 Å². The predicted octanol–water partition coefficient (Wildman–Crippen LogP) is 3.54. The summed E-state index contributed by atoms with van der Waals surface area (Å²) in [6.07, 6.45) is -4.53. The molecule has 1 heterocycles. The first-order valence-electron chi connectivity index (χ1n) is 6.72. The number of aromatic hydroxyl groups is 2. The highest BCUT2D eigenvalue weighted by Gasteiger charge is 2.37. The van der Waals surface area contributed by atoms with Gasteiger partial charge in [0.1, 0.15) is 0 Å². The van der Waals surface area contributed by atoms with Crippen molar-refractivity contribution in [2.75, 3.05) is 0 Å². The third-order valence-corrected chi connectivity index (χ3v) is 3.29. The molecule has 0 aliphatic carbocycles. The van der Waals surface area contributed by atoms with Gasteiger partial charge in [-0.1, -0.05) is 25.1 Å². The number of halogens is 3. The zero-order valence-corrected chi connectivity index (χ0v) is 12.0. The number of carbonyl (C=O) groups excluding carboxylic acids is 1. The van der Waals surface area contributed by atoms with Crippen LogP contribution in [0, 0.1) is 0 Å². The van der Waals surface area contributed by atoms with E-state index in [1.54, 1.807) is 6.92 Å². The fraction of sp³-hybridized carbons (Fsp3) is 0.267. The van der Waals surface area contributed by atoms with Crippen LogP contribution in [-0.2, 0) is 11.0 Å². The van der Waals surface area contributed by atoms with Gasteiger partial charge in [-0.3, -0.25) is 9.78 Å². The first-order chi connectivity index (χ1) is 10.7. The molecule has 0 saturated heterocycles. The zero-order chi connectivity index (χ0) is 17.2. The fourth-order valence-corrected chi connectivity index (χ4v) is 2.24. The Bertz CT molecular complexity index is 709. The fourth-order valence-electron chi connectivity index (χ4n) is 2.24. The van der Waals surface area contributed by atoms with E-state index < -0.39 is 35.4 Å². The number of H-pyrrole nitrogens is 1. The third-order valence-electron chi connectivity index (χ3n) is 3.29. The summed E-state index contributed by atoms with van der Waals surface area (Å²) in [5.41, 5.74) is -1.11. The second-order valence-electron chi connectivity index (χ2n) is 4.83. The molecule has 0 bridgehead atoms. The molecular formula is C15H14F3NO4. The average Bonchev–Trinajstić information content (AvgIpc) is 2.77. The first kappa shape index (κ1) is 16.7. The Morgan fingerprint density at radius 3 is 2.48 bits per heavy atom. The molecule has 0 saturated carbocycles. The maximum Gasteiger partial charge on any atom is 0.416 e. The van der Waals surface area contributed by atoms with Gasteiger partial charge >= 0.3 is 12.1 Å². The van der Waals surface area contributed by atoms with Gasteiger partial charge in [-0.2, -0.15) is 13.2 Å². The van der Waals surface area contributed by atoms with Crippen molar-refractivity contribution in [3.05, 3.63) is 41.5 Å². The third kappa shape index (κ3) is 3.58. The number of alkyl halides is 3. The van der Waals surface area contributed by atoms with Crippen LogP contribution in [0.2, 0.25) is 0 Å². The molecule has 0 spiro atoms. The molecule has 8 heteroatoms. The Morgan fingerprint density at radius 2 is 1.96 bits per heavy atom. The lowest BCUT2D eigenvalue weighted by molar-refractivity contribution is -0.140. The number of nitrogens with one attached hydrogen (secondary N) is 1. The molecule has 0 aliphatic heterocycles. The van der Waals surface area contributed by atoms with E-state index in [0.29, 0.717) is 0 Å². The molecule has 1 aromatic carbocycles. The van der Waals surface area contributed by atoms with Crippen LogP contribution < -0.4 is 4.74 Å². The van der Waals surface area contributed by atoms with Crippen molar-refractivity contribution < 1.29 is 32.9 Å². The van der Waals surface area contributed by atoms with Gasteiger partial charge in [0.05, 0.1) is 11.5 Å². The summed E-state index contributed by atoms with van der Waals surface area (Å²) in [6.45, 7) is 1.55. The van der Waals surface area contributed by atoms with Crippen molar-refractivity contribution in [3.63, 3.8) is 0 Å². The van der Waals surface area contributed by atoms with E-state index in [-0.39, 0.29) is 17.7 Å². The molecular weight excluding hydrogens is 315 g/mol. The first-order valence-corrected chi connectivity index (χ1v) is 6.72. The van der Waals surface area contributed by atoms with Crippen molar-refractivity contribution >= 4 is 5.97 Å². The van der Waals surface area contributed by atoms with E-state index >= 15 is 0 Å². The topological polar surface area (TPSA) is 82.5 Å². The van der Waals surface area contributed by atoms with Crippen LogP contribution in [-0.4, -0.2) is 21.2 Å². The molecule has 0 aliphatic rings. The van der Waals surface area contributed by atoms with Crippen molar-refractivity contribution in [2.45, 2.75) is 25.4 Å². The lowest BCUT2D eigenvalue weighted by atomic mass is 9.92. The predicted molar refractivity (Wildman–Crippen MR) is 74.2 cm³/mol. The van der Waals surface area contributed by atoms with Crippen molar-refractivity contribution in [1.29, 1.82) is 0 Å². The van der Waals surface area contributed by atoms with Crippen LogP contribution in [0.15, 0.2) is 30.3 Å². The average molecular weight is 329 g/mol. The highest BCUT2D eigenvalue weighted by Crippen LogP contribution is 2.37. The Morgan fingerprint density at radius 1 is 1.30 bits per heavy atom. The molecule has 1 aromatic heterocycles. The normalized spacial score (nSPS) is 12.9. The number of rotatable bonds is 4. The van der Waals surface area contributed by atoms with Gasteiger partial charge in [-0.25, -0.2) is 0 Å². The number of benzene rings is 1. The minimum atomic E-state index is -4.60. The largest absolute Gasteiger partial charge is 0.494 e. The van der Waals surface area contributed by atoms with Crippen molar-refractivity contribution in [2.24, 2.45) is 0 Å². The lowest BCUT2D eigenvalue weighted by Crippen LogP contribution is -2.21. The second kappa shape index (κ2) is 6.23. The number of hydrogen-bond donors (Lipinski definition) is 3. The molecule has 0 radical (unpaired) electrons. The quantitative estimate of drug-likeness (QED) is 0.749. The number of ether oxygens (including phenoxy) is 1. The molecule has 124 valence electrons. The molecule has 1 unspecified atom stereocenters.